The predicted molar refractivity (Wildman–Crippen MR) is 225 cm³/mol. The van der Waals surface area contributed by atoms with E-state index in [1.54, 1.807) is 12.1 Å². The van der Waals surface area contributed by atoms with Crippen molar-refractivity contribution in [2.45, 2.75) is 78.6 Å². The maximum atomic E-state index is 10.6. The van der Waals surface area contributed by atoms with Crippen molar-refractivity contribution in [3.8, 4) is 11.5 Å². The van der Waals surface area contributed by atoms with Gasteiger partial charge >= 0.3 is 0 Å². The molecule has 2 fully saturated rings. The molecule has 6 heterocycles. The second kappa shape index (κ2) is 17.1. The third-order valence-corrected chi connectivity index (χ3v) is 11.7. The number of piperidine rings is 2. The van der Waals surface area contributed by atoms with Crippen LogP contribution in [0.4, 0.5) is 11.9 Å². The standard InChI is InChI=1S/C44H56N10O3/c1-29-7-5-9-37-41(29)49-43(53(37)27-35-39(55)13-11-31(3)45-35)47-33-15-19-51(20-16-33)23-25-57-26-24-52-21-17-34(18-22-52)48-44-50-42-30(2)8-6-10-38(42)54(44)28-36-40(56)14-12-32(4)46-36/h5-14,33-34,55-56H,15-28H2,1-4H3,(H,47,49)(H,48,50). The molecule has 4 aromatic heterocycles. The van der Waals surface area contributed by atoms with Gasteiger partial charge in [-0.1, -0.05) is 24.3 Å². The number of para-hydroxylation sites is 2. The van der Waals surface area contributed by atoms with Gasteiger partial charge < -0.3 is 44.5 Å². The van der Waals surface area contributed by atoms with Crippen LogP contribution in [0.15, 0.2) is 60.7 Å². The third kappa shape index (κ3) is 8.85. The second-order valence-electron chi connectivity index (χ2n) is 15.9. The maximum Gasteiger partial charge on any atom is 0.204 e. The molecule has 13 heteroatoms. The Balaban J connectivity index is 0.773. The molecule has 0 bridgehead atoms. The summed E-state index contributed by atoms with van der Waals surface area (Å²) < 4.78 is 10.5. The molecule has 0 amide bonds. The Morgan fingerprint density at radius 1 is 0.579 bits per heavy atom. The van der Waals surface area contributed by atoms with Gasteiger partial charge in [0.25, 0.3) is 0 Å². The minimum absolute atomic E-state index is 0.203. The Hall–Kier alpha value is -5.24. The fourth-order valence-corrected chi connectivity index (χ4v) is 8.31. The lowest BCUT2D eigenvalue weighted by molar-refractivity contribution is 0.0721. The van der Waals surface area contributed by atoms with Gasteiger partial charge in [0.15, 0.2) is 0 Å². The number of aromatic hydroxyl groups is 2. The first-order chi connectivity index (χ1) is 27.7. The summed E-state index contributed by atoms with van der Waals surface area (Å²) in [6.07, 6.45) is 4.11. The summed E-state index contributed by atoms with van der Waals surface area (Å²) in [6.45, 7) is 16.4. The van der Waals surface area contributed by atoms with Gasteiger partial charge in [-0.3, -0.25) is 9.97 Å². The number of benzene rings is 2. The van der Waals surface area contributed by atoms with Crippen molar-refractivity contribution in [1.29, 1.82) is 0 Å². The SMILES string of the molecule is Cc1ccc(O)c(Cn2c(NC3CCN(CCOCCN4CCC(Nc5nc6c(C)cccc6n5Cc5nc(C)ccc5O)CC4)CC3)nc3c(C)cccc32)n1. The number of pyridine rings is 2. The summed E-state index contributed by atoms with van der Waals surface area (Å²) in [5.41, 5.74) is 9.35. The number of nitrogens with zero attached hydrogens (tertiary/aromatic N) is 8. The van der Waals surface area contributed by atoms with Crippen LogP contribution in [0.2, 0.25) is 0 Å². The summed E-state index contributed by atoms with van der Waals surface area (Å²) in [5.74, 6) is 2.06. The molecule has 0 aliphatic carbocycles. The number of aryl methyl sites for hydroxylation is 4. The maximum absolute atomic E-state index is 10.6. The Labute approximate surface area is 334 Å². The molecule has 0 unspecified atom stereocenters. The molecule has 300 valence electrons. The Kier molecular flexibility index (Phi) is 11.6. The van der Waals surface area contributed by atoms with E-state index in [-0.39, 0.29) is 11.5 Å². The van der Waals surface area contributed by atoms with Crippen molar-refractivity contribution in [3.05, 3.63) is 94.6 Å². The van der Waals surface area contributed by atoms with E-state index >= 15 is 0 Å². The number of anilines is 2. The van der Waals surface area contributed by atoms with E-state index in [0.717, 1.165) is 135 Å². The lowest BCUT2D eigenvalue weighted by atomic mass is 10.1. The highest BCUT2D eigenvalue weighted by atomic mass is 16.5. The zero-order chi connectivity index (χ0) is 39.5. The van der Waals surface area contributed by atoms with Gasteiger partial charge in [-0.25, -0.2) is 9.97 Å². The molecular formula is C44H56N10O3. The van der Waals surface area contributed by atoms with Crippen LogP contribution in [0.25, 0.3) is 22.1 Å². The van der Waals surface area contributed by atoms with Crippen LogP contribution in [0.3, 0.4) is 0 Å². The molecule has 57 heavy (non-hydrogen) atoms. The molecule has 0 spiro atoms. The van der Waals surface area contributed by atoms with Gasteiger partial charge in [0.05, 0.1) is 48.4 Å². The Morgan fingerprint density at radius 3 is 1.42 bits per heavy atom. The van der Waals surface area contributed by atoms with E-state index in [4.69, 9.17) is 14.7 Å². The second-order valence-corrected chi connectivity index (χ2v) is 15.9. The van der Waals surface area contributed by atoms with Gasteiger partial charge in [-0.15, -0.1) is 0 Å². The van der Waals surface area contributed by atoms with Crippen molar-refractivity contribution < 1.29 is 14.9 Å². The first-order valence-electron chi connectivity index (χ1n) is 20.5. The molecule has 2 aliphatic rings. The number of rotatable bonds is 14. The molecule has 2 saturated heterocycles. The van der Waals surface area contributed by atoms with Crippen LogP contribution in [0.1, 0.15) is 59.6 Å². The average molecular weight is 773 g/mol. The largest absolute Gasteiger partial charge is 0.506 e. The number of nitrogens with one attached hydrogen (secondary N) is 2. The molecule has 0 saturated carbocycles. The Morgan fingerprint density at radius 2 is 1.00 bits per heavy atom. The average Bonchev–Trinajstić information content (AvgIpc) is 3.74. The molecule has 0 atom stereocenters. The van der Waals surface area contributed by atoms with Crippen molar-refractivity contribution in [3.63, 3.8) is 0 Å². The van der Waals surface area contributed by atoms with Crippen molar-refractivity contribution >= 4 is 34.0 Å². The van der Waals surface area contributed by atoms with Crippen molar-refractivity contribution in [2.24, 2.45) is 0 Å². The lowest BCUT2D eigenvalue weighted by Gasteiger charge is -2.33. The predicted octanol–water partition coefficient (Wildman–Crippen LogP) is 6.39. The van der Waals surface area contributed by atoms with E-state index in [2.05, 4.69) is 89.8 Å². The number of likely N-dealkylation sites (tertiary alicyclic amines) is 2. The molecule has 0 radical (unpaired) electrons. The molecule has 8 rings (SSSR count). The third-order valence-electron chi connectivity index (χ3n) is 11.7. The number of hydrogen-bond donors (Lipinski definition) is 4. The zero-order valence-electron chi connectivity index (χ0n) is 33.7. The smallest absolute Gasteiger partial charge is 0.204 e. The fourth-order valence-electron chi connectivity index (χ4n) is 8.31. The van der Waals surface area contributed by atoms with Gasteiger partial charge in [-0.05, 0) is 101 Å². The van der Waals surface area contributed by atoms with E-state index in [9.17, 15) is 10.2 Å². The number of fused-ring (bicyclic) bond motifs is 2. The van der Waals surface area contributed by atoms with Crippen LogP contribution in [0, 0.1) is 27.7 Å². The first-order valence-corrected chi connectivity index (χ1v) is 20.5. The topological polar surface area (TPSA) is 142 Å². The van der Waals surface area contributed by atoms with E-state index in [1.165, 1.54) is 0 Å². The number of imidazole rings is 2. The summed E-state index contributed by atoms with van der Waals surface area (Å²) >= 11 is 0. The van der Waals surface area contributed by atoms with Gasteiger partial charge in [0, 0.05) is 62.7 Å². The molecule has 6 aromatic rings. The molecular weight excluding hydrogens is 717 g/mol. The number of hydrogen-bond acceptors (Lipinski definition) is 11. The minimum Gasteiger partial charge on any atom is -0.506 e. The first kappa shape index (κ1) is 38.6. The summed E-state index contributed by atoms with van der Waals surface area (Å²) in [5, 5.41) is 28.6. The monoisotopic (exact) mass is 772 g/mol. The summed E-state index contributed by atoms with van der Waals surface area (Å²) in [6, 6.07) is 20.2. The van der Waals surface area contributed by atoms with Crippen LogP contribution >= 0.6 is 0 Å². The van der Waals surface area contributed by atoms with Crippen LogP contribution in [-0.4, -0.2) is 114 Å². The number of ether oxygens (including phenoxy) is 1. The lowest BCUT2D eigenvalue weighted by Crippen LogP contribution is -2.42. The minimum atomic E-state index is 0.203. The van der Waals surface area contributed by atoms with E-state index in [0.29, 0.717) is 36.6 Å². The fraction of sp³-hybridized carbons (Fsp3) is 0.455. The molecule has 4 N–H and O–H groups in total. The molecule has 13 nitrogen and oxygen atoms in total. The van der Waals surface area contributed by atoms with Gasteiger partial charge in [-0.2, -0.15) is 0 Å². The summed E-state index contributed by atoms with van der Waals surface area (Å²) in [7, 11) is 0. The van der Waals surface area contributed by atoms with Crippen molar-refractivity contribution in [1.82, 2.24) is 38.9 Å². The molecule has 2 aromatic carbocycles. The van der Waals surface area contributed by atoms with Crippen LogP contribution in [-0.2, 0) is 17.8 Å². The van der Waals surface area contributed by atoms with E-state index in [1.807, 2.05) is 26.0 Å². The Bertz CT molecular complexity index is 2160. The highest BCUT2D eigenvalue weighted by Crippen LogP contribution is 2.29. The van der Waals surface area contributed by atoms with Crippen LogP contribution < -0.4 is 10.6 Å². The highest BCUT2D eigenvalue weighted by molar-refractivity contribution is 5.83. The summed E-state index contributed by atoms with van der Waals surface area (Å²) in [4.78, 5) is 24.3. The highest BCUT2D eigenvalue weighted by Gasteiger charge is 2.24. The van der Waals surface area contributed by atoms with Crippen LogP contribution in [0.5, 0.6) is 11.5 Å². The van der Waals surface area contributed by atoms with Crippen molar-refractivity contribution in [2.75, 3.05) is 63.1 Å². The molecule has 2 aliphatic heterocycles. The van der Waals surface area contributed by atoms with Gasteiger partial charge in [0.1, 0.15) is 22.9 Å². The van der Waals surface area contributed by atoms with E-state index < -0.39 is 0 Å². The zero-order valence-corrected chi connectivity index (χ0v) is 33.7. The number of aromatic nitrogens is 6. The normalized spacial score (nSPS) is 16.2. The van der Waals surface area contributed by atoms with Gasteiger partial charge in [0.2, 0.25) is 11.9 Å². The quantitative estimate of drug-likeness (QED) is 0.0917.